The maximum Gasteiger partial charge on any atom is 0.340 e. The molecule has 1 amide bonds. The van der Waals surface area contributed by atoms with Crippen LogP contribution in [0.4, 0.5) is 0 Å². The second-order valence-corrected chi connectivity index (χ2v) is 9.23. The summed E-state index contributed by atoms with van der Waals surface area (Å²) in [4.78, 5) is 24.9. The molecule has 3 rings (SSSR count). The molecule has 0 unspecified atom stereocenters. The fraction of sp³-hybridized carbons (Fsp3) is 0.130. The van der Waals surface area contributed by atoms with E-state index in [2.05, 4.69) is 5.32 Å². The minimum absolute atomic E-state index is 0.0317. The van der Waals surface area contributed by atoms with Gasteiger partial charge in [0.25, 0.3) is 5.91 Å². The molecule has 8 heteroatoms. The molecule has 0 aromatic heterocycles. The number of halogens is 1. The Kier molecular flexibility index (Phi) is 7.09. The quantitative estimate of drug-likeness (QED) is 0.545. The highest BCUT2D eigenvalue weighted by Crippen LogP contribution is 2.23. The van der Waals surface area contributed by atoms with E-state index in [0.717, 1.165) is 23.4 Å². The Bertz CT molecular complexity index is 1140. The lowest BCUT2D eigenvalue weighted by molar-refractivity contribution is -0.124. The number of ether oxygens (including phenoxy) is 1. The van der Waals surface area contributed by atoms with Crippen molar-refractivity contribution in [1.82, 2.24) is 5.32 Å². The molecule has 0 heterocycles. The van der Waals surface area contributed by atoms with E-state index < -0.39 is 34.4 Å². The van der Waals surface area contributed by atoms with Crippen molar-refractivity contribution < 1.29 is 22.7 Å². The van der Waals surface area contributed by atoms with E-state index in [0.29, 0.717) is 0 Å². The van der Waals surface area contributed by atoms with Gasteiger partial charge in [-0.15, -0.1) is 0 Å². The zero-order chi connectivity index (χ0) is 22.4. The molecule has 0 aliphatic heterocycles. The maximum absolute atomic E-state index is 12.5. The second-order valence-electron chi connectivity index (χ2n) is 6.81. The highest BCUT2D eigenvalue weighted by Gasteiger charge is 2.20. The average Bonchev–Trinajstić information content (AvgIpc) is 2.76. The molecular weight excluding hydrogens is 438 g/mol. The van der Waals surface area contributed by atoms with E-state index in [-0.39, 0.29) is 15.5 Å². The lowest BCUT2D eigenvalue weighted by Gasteiger charge is -2.20. The predicted octanol–water partition coefficient (Wildman–Crippen LogP) is 3.81. The number of hydrogen-bond donors (Lipinski definition) is 1. The summed E-state index contributed by atoms with van der Waals surface area (Å²) in [5.41, 5.74) is 1.62. The molecule has 3 aromatic carbocycles. The van der Waals surface area contributed by atoms with Crippen LogP contribution in [-0.2, 0) is 19.4 Å². The molecule has 0 aliphatic carbocycles. The van der Waals surface area contributed by atoms with Gasteiger partial charge in [-0.25, -0.2) is 13.2 Å². The van der Waals surface area contributed by atoms with E-state index in [1.165, 1.54) is 12.1 Å². The maximum atomic E-state index is 12.5. The molecule has 0 saturated carbocycles. The van der Waals surface area contributed by atoms with Crippen LogP contribution < -0.4 is 5.32 Å². The van der Waals surface area contributed by atoms with Gasteiger partial charge in [0.05, 0.1) is 21.5 Å². The molecule has 0 saturated heterocycles. The normalized spacial score (nSPS) is 11.2. The van der Waals surface area contributed by atoms with Gasteiger partial charge < -0.3 is 10.1 Å². The SMILES string of the molecule is CS(=O)(=O)c1ccc(Cl)c(C(=O)OCC(=O)NC(c2ccccc2)c2ccccc2)c1. The summed E-state index contributed by atoms with van der Waals surface area (Å²) in [5.74, 6) is -1.40. The van der Waals surface area contributed by atoms with Crippen LogP contribution in [0.2, 0.25) is 5.02 Å². The first-order valence-corrected chi connectivity index (χ1v) is 11.6. The van der Waals surface area contributed by atoms with Gasteiger partial charge in [0.1, 0.15) is 0 Å². The van der Waals surface area contributed by atoms with Crippen LogP contribution in [-0.4, -0.2) is 33.2 Å². The van der Waals surface area contributed by atoms with E-state index in [1.54, 1.807) is 0 Å². The summed E-state index contributed by atoms with van der Waals surface area (Å²) in [6.45, 7) is -0.547. The smallest absolute Gasteiger partial charge is 0.340 e. The molecule has 3 aromatic rings. The summed E-state index contributed by atoms with van der Waals surface area (Å²) in [7, 11) is -3.53. The van der Waals surface area contributed by atoms with E-state index >= 15 is 0 Å². The predicted molar refractivity (Wildman–Crippen MR) is 118 cm³/mol. The minimum atomic E-state index is -3.53. The lowest BCUT2D eigenvalue weighted by atomic mass is 9.99. The number of hydrogen-bond acceptors (Lipinski definition) is 5. The number of rotatable bonds is 7. The van der Waals surface area contributed by atoms with Crippen molar-refractivity contribution in [3.8, 4) is 0 Å². The van der Waals surface area contributed by atoms with Crippen LogP contribution in [0, 0.1) is 0 Å². The Hall–Kier alpha value is -3.16. The third-order valence-corrected chi connectivity index (χ3v) is 5.93. The summed E-state index contributed by atoms with van der Waals surface area (Å²) in [6, 6.07) is 22.1. The standard InChI is InChI=1S/C23H20ClNO5S/c1-31(28,29)18-12-13-20(24)19(14-18)23(27)30-15-21(26)25-22(16-8-4-2-5-9-16)17-10-6-3-7-11-17/h2-14,22H,15H2,1H3,(H,25,26). The first-order chi connectivity index (χ1) is 14.8. The Labute approximate surface area is 185 Å². The van der Waals surface area contributed by atoms with Crippen molar-refractivity contribution in [1.29, 1.82) is 0 Å². The Morgan fingerprint density at radius 1 is 0.935 bits per heavy atom. The number of carbonyl (C=O) groups is 2. The van der Waals surface area contributed by atoms with Crippen LogP contribution in [0.1, 0.15) is 27.5 Å². The van der Waals surface area contributed by atoms with Gasteiger partial charge in [0, 0.05) is 6.26 Å². The third kappa shape index (κ3) is 5.93. The Morgan fingerprint density at radius 3 is 2.00 bits per heavy atom. The van der Waals surface area contributed by atoms with Gasteiger partial charge >= 0.3 is 5.97 Å². The summed E-state index contributed by atoms with van der Waals surface area (Å²) < 4.78 is 28.5. The third-order valence-electron chi connectivity index (χ3n) is 4.49. The van der Waals surface area contributed by atoms with E-state index in [1.807, 2.05) is 60.7 Å². The molecule has 1 N–H and O–H groups in total. The molecule has 0 bridgehead atoms. The molecule has 0 spiro atoms. The zero-order valence-corrected chi connectivity index (χ0v) is 18.2. The van der Waals surface area contributed by atoms with Gasteiger partial charge in [-0.2, -0.15) is 0 Å². The van der Waals surface area contributed by atoms with Crippen molar-refractivity contribution in [2.24, 2.45) is 0 Å². The molecule has 0 aliphatic rings. The number of esters is 1. The first-order valence-electron chi connectivity index (χ1n) is 9.31. The van der Waals surface area contributed by atoms with Gasteiger partial charge in [-0.3, -0.25) is 4.79 Å². The summed E-state index contributed by atoms with van der Waals surface area (Å²) in [6.07, 6.45) is 1.02. The lowest BCUT2D eigenvalue weighted by Crippen LogP contribution is -2.33. The molecule has 0 radical (unpaired) electrons. The van der Waals surface area contributed by atoms with Crippen LogP contribution in [0.5, 0.6) is 0 Å². The number of nitrogens with one attached hydrogen (secondary N) is 1. The van der Waals surface area contributed by atoms with Crippen LogP contribution in [0.25, 0.3) is 0 Å². The average molecular weight is 458 g/mol. The van der Waals surface area contributed by atoms with Crippen LogP contribution >= 0.6 is 11.6 Å². The zero-order valence-electron chi connectivity index (χ0n) is 16.6. The molecule has 160 valence electrons. The fourth-order valence-electron chi connectivity index (χ4n) is 2.95. The molecular formula is C23H20ClNO5S. The highest BCUT2D eigenvalue weighted by atomic mass is 35.5. The van der Waals surface area contributed by atoms with Crippen molar-refractivity contribution in [2.45, 2.75) is 10.9 Å². The van der Waals surface area contributed by atoms with Gasteiger partial charge in [0.2, 0.25) is 0 Å². The van der Waals surface area contributed by atoms with E-state index in [4.69, 9.17) is 16.3 Å². The summed E-state index contributed by atoms with van der Waals surface area (Å²) in [5, 5.41) is 2.89. The monoisotopic (exact) mass is 457 g/mol. The van der Waals surface area contributed by atoms with Crippen LogP contribution in [0.3, 0.4) is 0 Å². The van der Waals surface area contributed by atoms with Crippen molar-refractivity contribution >= 4 is 33.3 Å². The van der Waals surface area contributed by atoms with Gasteiger partial charge in [-0.1, -0.05) is 72.3 Å². The van der Waals surface area contributed by atoms with Gasteiger partial charge in [0.15, 0.2) is 16.4 Å². The summed E-state index contributed by atoms with van der Waals surface area (Å²) >= 11 is 6.00. The largest absolute Gasteiger partial charge is 0.452 e. The Morgan fingerprint density at radius 2 is 1.48 bits per heavy atom. The number of carbonyl (C=O) groups excluding carboxylic acids is 2. The molecule has 31 heavy (non-hydrogen) atoms. The second kappa shape index (κ2) is 9.76. The van der Waals surface area contributed by atoms with E-state index in [9.17, 15) is 18.0 Å². The van der Waals surface area contributed by atoms with Gasteiger partial charge in [-0.05, 0) is 29.3 Å². The molecule has 0 fully saturated rings. The highest BCUT2D eigenvalue weighted by molar-refractivity contribution is 7.90. The first kappa shape index (κ1) is 22.5. The number of amides is 1. The molecule has 0 atom stereocenters. The van der Waals surface area contributed by atoms with Crippen molar-refractivity contribution in [3.63, 3.8) is 0 Å². The topological polar surface area (TPSA) is 89.5 Å². The van der Waals surface area contributed by atoms with Crippen molar-refractivity contribution in [3.05, 3.63) is 101 Å². The fourth-order valence-corrected chi connectivity index (χ4v) is 3.79. The number of benzene rings is 3. The van der Waals surface area contributed by atoms with Crippen molar-refractivity contribution in [2.75, 3.05) is 12.9 Å². The number of sulfone groups is 1. The van der Waals surface area contributed by atoms with Crippen LogP contribution in [0.15, 0.2) is 83.8 Å². The molecule has 6 nitrogen and oxygen atoms in total. The Balaban J connectivity index is 1.72. The minimum Gasteiger partial charge on any atom is -0.452 e.